The Hall–Kier alpha value is -0.610. The Bertz CT molecular complexity index is 307. The molecule has 0 aliphatic carbocycles. The molecule has 4 nitrogen and oxygen atoms in total. The minimum Gasteiger partial charge on any atom is -0.367 e. The summed E-state index contributed by atoms with van der Waals surface area (Å²) < 4.78 is 5.72. The van der Waals surface area contributed by atoms with E-state index in [9.17, 15) is 0 Å². The van der Waals surface area contributed by atoms with Gasteiger partial charge in [0.1, 0.15) is 11.4 Å². The molecule has 1 aliphatic rings. The highest BCUT2D eigenvalue weighted by atomic mass is 35.5. The molecule has 1 atom stereocenters. The van der Waals surface area contributed by atoms with Crippen LogP contribution in [0.15, 0.2) is 0 Å². The van der Waals surface area contributed by atoms with Crippen LogP contribution in [0.25, 0.3) is 0 Å². The third kappa shape index (κ3) is 1.77. The maximum absolute atomic E-state index is 5.72. The average molecular weight is 216 g/mol. The lowest BCUT2D eigenvalue weighted by atomic mass is 9.95. The lowest BCUT2D eigenvalue weighted by Crippen LogP contribution is -2.31. The van der Waals surface area contributed by atoms with Crippen molar-refractivity contribution in [3.05, 3.63) is 11.6 Å². The molecule has 2 rings (SSSR count). The second-order valence-corrected chi connectivity index (χ2v) is 4.04. The van der Waals surface area contributed by atoms with E-state index in [1.807, 2.05) is 6.92 Å². The van der Waals surface area contributed by atoms with Crippen LogP contribution in [0.4, 0.5) is 0 Å². The summed E-state index contributed by atoms with van der Waals surface area (Å²) in [5.74, 6) is 1.80. The van der Waals surface area contributed by atoms with Crippen LogP contribution in [0, 0.1) is 0 Å². The van der Waals surface area contributed by atoms with Gasteiger partial charge in [-0.15, -0.1) is 11.6 Å². The van der Waals surface area contributed by atoms with Gasteiger partial charge < -0.3 is 4.74 Å². The molecule has 1 saturated heterocycles. The summed E-state index contributed by atoms with van der Waals surface area (Å²) in [6, 6.07) is 0. The van der Waals surface area contributed by atoms with Crippen LogP contribution in [0.5, 0.6) is 0 Å². The molecule has 14 heavy (non-hydrogen) atoms. The maximum Gasteiger partial charge on any atom is 0.182 e. The number of H-pyrrole nitrogens is 1. The molecule has 78 valence electrons. The van der Waals surface area contributed by atoms with E-state index in [-0.39, 0.29) is 5.60 Å². The van der Waals surface area contributed by atoms with Gasteiger partial charge in [-0.3, -0.25) is 5.10 Å². The molecule has 1 aromatic heterocycles. The van der Waals surface area contributed by atoms with Crippen molar-refractivity contribution in [3.63, 3.8) is 0 Å². The molecule has 0 saturated carbocycles. The molecule has 0 bridgehead atoms. The molecule has 0 spiro atoms. The monoisotopic (exact) mass is 215 g/mol. The molecule has 5 heteroatoms. The van der Waals surface area contributed by atoms with Crippen molar-refractivity contribution in [2.45, 2.75) is 37.7 Å². The smallest absolute Gasteiger partial charge is 0.182 e. The summed E-state index contributed by atoms with van der Waals surface area (Å²) in [6.07, 6.45) is 3.27. The van der Waals surface area contributed by atoms with E-state index in [1.54, 1.807) is 0 Å². The third-order valence-corrected chi connectivity index (χ3v) is 2.85. The number of nitrogens with zero attached hydrogens (tertiary/aromatic N) is 2. The second kappa shape index (κ2) is 3.87. The fraction of sp³-hybridized carbons (Fsp3) is 0.778. The number of halogens is 1. The highest BCUT2D eigenvalue weighted by Crippen LogP contribution is 2.32. The summed E-state index contributed by atoms with van der Waals surface area (Å²) in [5.41, 5.74) is -0.320. The van der Waals surface area contributed by atoms with Crippen LogP contribution < -0.4 is 0 Å². The van der Waals surface area contributed by atoms with Gasteiger partial charge in [-0.2, -0.15) is 5.10 Å². The molecule has 1 fully saturated rings. The van der Waals surface area contributed by atoms with Crippen LogP contribution in [0.2, 0.25) is 0 Å². The number of alkyl halides is 1. The Balaban J connectivity index is 2.19. The molecule has 0 aromatic carbocycles. The van der Waals surface area contributed by atoms with Crippen LogP contribution >= 0.6 is 11.6 Å². The number of hydrogen-bond donors (Lipinski definition) is 1. The van der Waals surface area contributed by atoms with Crippen molar-refractivity contribution in [3.8, 4) is 0 Å². The van der Waals surface area contributed by atoms with Crippen molar-refractivity contribution >= 4 is 11.6 Å². The molecule has 1 unspecified atom stereocenters. The Kier molecular flexibility index (Phi) is 2.74. The molecular weight excluding hydrogens is 202 g/mol. The van der Waals surface area contributed by atoms with E-state index in [1.165, 1.54) is 6.42 Å². The van der Waals surface area contributed by atoms with Crippen LogP contribution in [-0.2, 0) is 16.2 Å². The van der Waals surface area contributed by atoms with Crippen molar-refractivity contribution in [1.29, 1.82) is 0 Å². The maximum atomic E-state index is 5.72. The van der Waals surface area contributed by atoms with Crippen molar-refractivity contribution < 1.29 is 4.74 Å². The van der Waals surface area contributed by atoms with Gasteiger partial charge in [0.15, 0.2) is 5.82 Å². The van der Waals surface area contributed by atoms with Crippen molar-refractivity contribution in [1.82, 2.24) is 15.2 Å². The van der Waals surface area contributed by atoms with Gasteiger partial charge in [0.25, 0.3) is 0 Å². The van der Waals surface area contributed by atoms with E-state index in [4.69, 9.17) is 16.3 Å². The fourth-order valence-electron chi connectivity index (χ4n) is 1.70. The number of aromatic amines is 1. The van der Waals surface area contributed by atoms with Crippen LogP contribution in [-0.4, -0.2) is 21.8 Å². The van der Waals surface area contributed by atoms with Gasteiger partial charge in [-0.25, -0.2) is 4.98 Å². The van der Waals surface area contributed by atoms with Gasteiger partial charge in [-0.05, 0) is 26.2 Å². The van der Waals surface area contributed by atoms with Crippen molar-refractivity contribution in [2.75, 3.05) is 6.61 Å². The Morgan fingerprint density at radius 1 is 1.57 bits per heavy atom. The third-order valence-electron chi connectivity index (χ3n) is 2.60. The first-order valence-electron chi connectivity index (χ1n) is 4.86. The minimum absolute atomic E-state index is 0.320. The summed E-state index contributed by atoms with van der Waals surface area (Å²) in [6.45, 7) is 2.83. The predicted octanol–water partition coefficient (Wildman–Crippen LogP) is 1.96. The molecule has 1 aromatic rings. The average Bonchev–Trinajstić information content (AvgIpc) is 2.67. The summed E-state index contributed by atoms with van der Waals surface area (Å²) in [4.78, 5) is 4.30. The molecule has 0 amide bonds. The van der Waals surface area contributed by atoms with Crippen LogP contribution in [0.1, 0.15) is 37.8 Å². The zero-order chi connectivity index (χ0) is 10.0. The van der Waals surface area contributed by atoms with Gasteiger partial charge in [0.05, 0.1) is 5.88 Å². The van der Waals surface area contributed by atoms with E-state index in [0.29, 0.717) is 11.7 Å². The van der Waals surface area contributed by atoms with Gasteiger partial charge in [0.2, 0.25) is 0 Å². The number of rotatable bonds is 2. The van der Waals surface area contributed by atoms with E-state index in [0.717, 1.165) is 25.3 Å². The number of nitrogens with one attached hydrogen (secondary N) is 1. The van der Waals surface area contributed by atoms with Gasteiger partial charge >= 0.3 is 0 Å². The minimum atomic E-state index is -0.320. The van der Waals surface area contributed by atoms with E-state index >= 15 is 0 Å². The lowest BCUT2D eigenvalue weighted by molar-refractivity contribution is -0.0758. The predicted molar refractivity (Wildman–Crippen MR) is 53.1 cm³/mol. The molecule has 1 N–H and O–H groups in total. The van der Waals surface area contributed by atoms with Gasteiger partial charge in [0, 0.05) is 6.61 Å². The molecule has 0 radical (unpaired) electrons. The topological polar surface area (TPSA) is 50.8 Å². The Morgan fingerprint density at radius 2 is 2.43 bits per heavy atom. The molecule has 2 heterocycles. The number of hydrogen-bond acceptors (Lipinski definition) is 3. The first kappa shape index (κ1) is 9.93. The molecule has 1 aliphatic heterocycles. The summed E-state index contributed by atoms with van der Waals surface area (Å²) >= 11 is 5.65. The fourth-order valence-corrected chi connectivity index (χ4v) is 1.82. The number of aromatic nitrogens is 3. The lowest BCUT2D eigenvalue weighted by Gasteiger charge is -2.30. The second-order valence-electron chi connectivity index (χ2n) is 3.78. The zero-order valence-corrected chi connectivity index (χ0v) is 8.97. The largest absolute Gasteiger partial charge is 0.367 e. The van der Waals surface area contributed by atoms with E-state index in [2.05, 4.69) is 15.2 Å². The highest BCUT2D eigenvalue weighted by molar-refractivity contribution is 6.16. The van der Waals surface area contributed by atoms with E-state index < -0.39 is 0 Å². The Labute approximate surface area is 88.0 Å². The quantitative estimate of drug-likeness (QED) is 0.768. The first-order valence-corrected chi connectivity index (χ1v) is 5.40. The standard InChI is InChI=1S/C9H14ClN3O/c1-9(4-2-3-5-14-9)8-11-7(6-10)12-13-8/h2-6H2,1H3,(H,11,12,13). The zero-order valence-electron chi connectivity index (χ0n) is 8.22. The molecular formula is C9H14ClN3O. The highest BCUT2D eigenvalue weighted by Gasteiger charge is 2.33. The SMILES string of the molecule is CC1(c2n[nH]c(CCl)n2)CCCCO1. The number of ether oxygens (including phenoxy) is 1. The summed E-state index contributed by atoms with van der Waals surface area (Å²) in [5, 5.41) is 6.94. The summed E-state index contributed by atoms with van der Waals surface area (Å²) in [7, 11) is 0. The first-order chi connectivity index (χ1) is 6.74. The van der Waals surface area contributed by atoms with Gasteiger partial charge in [-0.1, -0.05) is 0 Å². The normalized spacial score (nSPS) is 27.9. The Morgan fingerprint density at radius 3 is 3.00 bits per heavy atom. The van der Waals surface area contributed by atoms with Crippen molar-refractivity contribution in [2.24, 2.45) is 0 Å². The van der Waals surface area contributed by atoms with Crippen LogP contribution in [0.3, 0.4) is 0 Å².